The number of ketones is 1. The van der Waals surface area contributed by atoms with Crippen LogP contribution in [0.15, 0.2) is 48.8 Å². The van der Waals surface area contributed by atoms with Crippen molar-refractivity contribution >= 4 is 22.8 Å². The van der Waals surface area contributed by atoms with Crippen LogP contribution in [0.3, 0.4) is 0 Å². The monoisotopic (exact) mass is 417 g/mol. The van der Waals surface area contributed by atoms with Gasteiger partial charge >= 0.3 is 0 Å². The van der Waals surface area contributed by atoms with Crippen LogP contribution in [0.2, 0.25) is 0 Å². The predicted octanol–water partition coefficient (Wildman–Crippen LogP) is 5.23. The average Bonchev–Trinajstić information content (AvgIpc) is 3.12. The Morgan fingerprint density at radius 1 is 1.06 bits per heavy atom. The second kappa shape index (κ2) is 7.58. The minimum atomic E-state index is -0.408. The fraction of sp³-hybridized carbons (Fsp3) is 0.250. The number of hydrogen-bond donors (Lipinski definition) is 1. The van der Waals surface area contributed by atoms with Gasteiger partial charge in [-0.2, -0.15) is 0 Å². The fourth-order valence-electron chi connectivity index (χ4n) is 3.74. The third-order valence-electron chi connectivity index (χ3n) is 5.17. The van der Waals surface area contributed by atoms with Crippen molar-refractivity contribution in [1.29, 1.82) is 0 Å². The molecule has 4 aromatic rings. The van der Waals surface area contributed by atoms with E-state index >= 15 is 0 Å². The van der Waals surface area contributed by atoms with E-state index in [1.54, 1.807) is 25.4 Å². The summed E-state index contributed by atoms with van der Waals surface area (Å²) < 4.78 is 16.3. The Morgan fingerprint density at radius 2 is 1.77 bits per heavy atom. The zero-order valence-corrected chi connectivity index (χ0v) is 18.0. The van der Waals surface area contributed by atoms with Gasteiger partial charge in [-0.1, -0.05) is 13.0 Å². The molecule has 6 nitrogen and oxygen atoms in total. The number of aromatic nitrogens is 4. The molecule has 0 saturated heterocycles. The summed E-state index contributed by atoms with van der Waals surface area (Å²) in [5.74, 6) is 0.310. The van der Waals surface area contributed by atoms with Crippen LogP contribution in [-0.4, -0.2) is 25.3 Å². The molecule has 0 amide bonds. The highest BCUT2D eigenvalue weighted by Gasteiger charge is 2.25. The molecule has 0 aliphatic rings. The van der Waals surface area contributed by atoms with E-state index in [1.807, 2.05) is 22.8 Å². The van der Waals surface area contributed by atoms with Crippen molar-refractivity contribution in [2.75, 3.05) is 5.73 Å². The summed E-state index contributed by atoms with van der Waals surface area (Å²) in [5, 5.41) is 0. The number of hydrogen-bond acceptors (Lipinski definition) is 5. The number of imidazole rings is 1. The Hall–Kier alpha value is -3.61. The molecule has 0 saturated carbocycles. The number of rotatable bonds is 4. The Kier molecular flexibility index (Phi) is 5.05. The minimum Gasteiger partial charge on any atom is -0.368 e. The Morgan fingerprint density at radius 3 is 2.42 bits per heavy atom. The molecule has 0 atom stereocenters. The first kappa shape index (κ1) is 20.7. The second-order valence-electron chi connectivity index (χ2n) is 8.44. The molecular weight excluding hydrogens is 393 g/mol. The van der Waals surface area contributed by atoms with E-state index in [2.05, 4.69) is 30.7 Å². The van der Waals surface area contributed by atoms with E-state index in [0.29, 0.717) is 23.4 Å². The normalized spacial score (nSPS) is 11.8. The molecule has 0 radical (unpaired) electrons. The molecule has 31 heavy (non-hydrogen) atoms. The van der Waals surface area contributed by atoms with Gasteiger partial charge in [-0.15, -0.1) is 0 Å². The molecule has 2 aromatic carbocycles. The maximum Gasteiger partial charge on any atom is 0.219 e. The summed E-state index contributed by atoms with van der Waals surface area (Å²) in [6, 6.07) is 10.1. The van der Waals surface area contributed by atoms with Crippen LogP contribution in [0.25, 0.3) is 33.5 Å². The number of nitrogens with two attached hydrogens (primary N) is 1. The molecule has 2 heterocycles. The molecule has 0 bridgehead atoms. The third-order valence-corrected chi connectivity index (χ3v) is 5.17. The van der Waals surface area contributed by atoms with Gasteiger partial charge < -0.3 is 10.3 Å². The van der Waals surface area contributed by atoms with Crippen LogP contribution in [0.5, 0.6) is 0 Å². The number of halogens is 1. The summed E-state index contributed by atoms with van der Waals surface area (Å²) in [4.78, 5) is 25.5. The van der Waals surface area contributed by atoms with E-state index in [0.717, 1.165) is 22.2 Å². The van der Waals surface area contributed by atoms with Crippen molar-refractivity contribution in [3.05, 3.63) is 60.2 Å². The van der Waals surface area contributed by atoms with Gasteiger partial charge in [0.2, 0.25) is 5.95 Å². The largest absolute Gasteiger partial charge is 0.368 e. The summed E-state index contributed by atoms with van der Waals surface area (Å²) in [6.45, 7) is 7.96. The molecule has 0 fully saturated rings. The maximum absolute atomic E-state index is 14.2. The lowest BCUT2D eigenvalue weighted by Crippen LogP contribution is -2.23. The van der Waals surface area contributed by atoms with E-state index in [1.165, 1.54) is 12.1 Å². The first-order valence-electron chi connectivity index (χ1n) is 10.1. The van der Waals surface area contributed by atoms with Gasteiger partial charge in [0.25, 0.3) is 0 Å². The summed E-state index contributed by atoms with van der Waals surface area (Å²) in [7, 11) is 0. The van der Waals surface area contributed by atoms with E-state index in [4.69, 9.17) is 10.7 Å². The van der Waals surface area contributed by atoms with Crippen LogP contribution >= 0.6 is 0 Å². The van der Waals surface area contributed by atoms with Gasteiger partial charge in [0.15, 0.2) is 5.78 Å². The molecular formula is C24H24FN5O. The molecule has 158 valence electrons. The fourth-order valence-corrected chi connectivity index (χ4v) is 3.74. The van der Waals surface area contributed by atoms with E-state index in [-0.39, 0.29) is 17.3 Å². The zero-order valence-electron chi connectivity index (χ0n) is 18.0. The molecule has 0 aliphatic carbocycles. The number of carbonyl (C=O) groups excluding carboxylic acids is 1. The lowest BCUT2D eigenvalue weighted by atomic mass is 9.99. The third kappa shape index (κ3) is 3.79. The van der Waals surface area contributed by atoms with Crippen LogP contribution in [0.1, 0.15) is 44.5 Å². The first-order valence-corrected chi connectivity index (χ1v) is 10.1. The summed E-state index contributed by atoms with van der Waals surface area (Å²) in [6.07, 6.45) is 3.65. The highest BCUT2D eigenvalue weighted by atomic mass is 19.1. The standard InChI is InChI=1S/C24H24FN5O/c1-5-21(31)17-8-7-16(25)11-18(17)22-29-19-10-14(15-12-27-23(26)28-13-15)6-9-20(19)30(22)24(2,3)4/h6-13H,5H2,1-4H3,(H2,26,27,28). The second-order valence-corrected chi connectivity index (χ2v) is 8.44. The molecule has 0 aliphatic heterocycles. The van der Waals surface area contributed by atoms with Crippen molar-refractivity contribution < 1.29 is 9.18 Å². The predicted molar refractivity (Wildman–Crippen MR) is 120 cm³/mol. The summed E-state index contributed by atoms with van der Waals surface area (Å²) >= 11 is 0. The van der Waals surface area contributed by atoms with Crippen LogP contribution in [0, 0.1) is 5.82 Å². The SMILES string of the molecule is CCC(=O)c1ccc(F)cc1-c1nc2cc(-c3cnc(N)nc3)ccc2n1C(C)(C)C. The van der Waals surface area contributed by atoms with E-state index in [9.17, 15) is 9.18 Å². The van der Waals surface area contributed by atoms with Crippen molar-refractivity contribution in [3.8, 4) is 22.5 Å². The summed E-state index contributed by atoms with van der Waals surface area (Å²) in [5.41, 5.74) is 9.54. The molecule has 0 spiro atoms. The highest BCUT2D eigenvalue weighted by molar-refractivity contribution is 6.02. The number of Topliss-reactive ketones (excluding diaryl/α,β-unsaturated/α-hetero) is 1. The minimum absolute atomic E-state index is 0.0535. The molecule has 4 rings (SSSR count). The Labute approximate surface area is 180 Å². The number of benzene rings is 2. The van der Waals surface area contributed by atoms with Crippen molar-refractivity contribution in [2.24, 2.45) is 0 Å². The van der Waals surface area contributed by atoms with Gasteiger partial charge in [0.05, 0.1) is 11.0 Å². The molecule has 2 aromatic heterocycles. The van der Waals surface area contributed by atoms with Crippen LogP contribution in [0.4, 0.5) is 10.3 Å². The van der Waals surface area contributed by atoms with Gasteiger partial charge in [0.1, 0.15) is 11.6 Å². The number of anilines is 1. The zero-order chi connectivity index (χ0) is 22.3. The topological polar surface area (TPSA) is 86.7 Å². The lowest BCUT2D eigenvalue weighted by Gasteiger charge is -2.25. The molecule has 7 heteroatoms. The maximum atomic E-state index is 14.2. The number of fused-ring (bicyclic) bond motifs is 1. The molecule has 2 N–H and O–H groups in total. The van der Waals surface area contributed by atoms with Crippen LogP contribution in [-0.2, 0) is 5.54 Å². The van der Waals surface area contributed by atoms with Gasteiger partial charge in [-0.25, -0.2) is 19.3 Å². The van der Waals surface area contributed by atoms with Crippen molar-refractivity contribution in [1.82, 2.24) is 19.5 Å². The molecule has 0 unspecified atom stereocenters. The van der Waals surface area contributed by atoms with Gasteiger partial charge in [0, 0.05) is 41.0 Å². The van der Waals surface area contributed by atoms with Gasteiger partial charge in [-0.3, -0.25) is 4.79 Å². The number of nitrogen functional groups attached to an aromatic ring is 1. The smallest absolute Gasteiger partial charge is 0.219 e. The van der Waals surface area contributed by atoms with Crippen molar-refractivity contribution in [2.45, 2.75) is 39.7 Å². The highest BCUT2D eigenvalue weighted by Crippen LogP contribution is 2.35. The van der Waals surface area contributed by atoms with Gasteiger partial charge in [-0.05, 0) is 56.7 Å². The quantitative estimate of drug-likeness (QED) is 0.460. The Balaban J connectivity index is 1.99. The van der Waals surface area contributed by atoms with Crippen molar-refractivity contribution in [3.63, 3.8) is 0 Å². The number of nitrogens with zero attached hydrogens (tertiary/aromatic N) is 4. The Bertz CT molecular complexity index is 1290. The van der Waals surface area contributed by atoms with E-state index < -0.39 is 5.82 Å². The van der Waals surface area contributed by atoms with Crippen LogP contribution < -0.4 is 5.73 Å². The first-order chi connectivity index (χ1) is 14.7. The lowest BCUT2D eigenvalue weighted by molar-refractivity contribution is 0.0988. The average molecular weight is 417 g/mol. The number of carbonyl (C=O) groups is 1.